The molecule has 0 spiro atoms. The molecule has 1 aliphatic rings. The highest BCUT2D eigenvalue weighted by atomic mass is 32.2. The number of sulfonamides is 1. The lowest BCUT2D eigenvalue weighted by Crippen LogP contribution is -2.35. The molecule has 1 aliphatic heterocycles. The van der Waals surface area contributed by atoms with Crippen molar-refractivity contribution in [3.63, 3.8) is 0 Å². The summed E-state index contributed by atoms with van der Waals surface area (Å²) in [6, 6.07) is 7.71. The molecule has 0 amide bonds. The van der Waals surface area contributed by atoms with Crippen LogP contribution >= 0.6 is 0 Å². The van der Waals surface area contributed by atoms with Gasteiger partial charge in [0.25, 0.3) is 0 Å². The van der Waals surface area contributed by atoms with Gasteiger partial charge in [0.1, 0.15) is 5.82 Å². The van der Waals surface area contributed by atoms with E-state index in [2.05, 4.69) is 0 Å². The van der Waals surface area contributed by atoms with Gasteiger partial charge in [-0.15, -0.1) is 0 Å². The Morgan fingerprint density at radius 3 is 2.50 bits per heavy atom. The third-order valence-corrected chi connectivity index (χ3v) is 6.24. The van der Waals surface area contributed by atoms with Gasteiger partial charge in [0.2, 0.25) is 15.8 Å². The van der Waals surface area contributed by atoms with E-state index in [9.17, 15) is 27.7 Å². The van der Waals surface area contributed by atoms with E-state index in [0.29, 0.717) is 13.1 Å². The van der Waals surface area contributed by atoms with Crippen LogP contribution in [0.15, 0.2) is 47.4 Å². The lowest BCUT2D eigenvalue weighted by atomic mass is 10.2. The van der Waals surface area contributed by atoms with Crippen LogP contribution < -0.4 is 4.74 Å². The smallest absolute Gasteiger partial charge is 0.343 e. The summed E-state index contributed by atoms with van der Waals surface area (Å²) in [7, 11) is -3.76. The van der Waals surface area contributed by atoms with Gasteiger partial charge < -0.3 is 4.74 Å². The number of hydrogen-bond acceptors (Lipinski definition) is 6. The van der Waals surface area contributed by atoms with Gasteiger partial charge in [0.15, 0.2) is 0 Å². The molecule has 28 heavy (non-hydrogen) atoms. The topological polar surface area (TPSA) is 107 Å². The number of nitrogens with zero attached hydrogens (tertiary/aromatic N) is 2. The van der Waals surface area contributed by atoms with Crippen molar-refractivity contribution in [2.45, 2.75) is 24.2 Å². The number of benzene rings is 2. The second-order valence-corrected chi connectivity index (χ2v) is 8.19. The van der Waals surface area contributed by atoms with E-state index in [1.54, 1.807) is 0 Å². The van der Waals surface area contributed by atoms with Crippen molar-refractivity contribution in [1.82, 2.24) is 4.31 Å². The number of halogens is 1. The summed E-state index contributed by atoms with van der Waals surface area (Å²) < 4.78 is 45.2. The Morgan fingerprint density at radius 2 is 1.82 bits per heavy atom. The fourth-order valence-electron chi connectivity index (χ4n) is 2.92. The summed E-state index contributed by atoms with van der Waals surface area (Å²) >= 11 is 0. The first kappa shape index (κ1) is 19.9. The van der Waals surface area contributed by atoms with Crippen LogP contribution in [0.4, 0.5) is 10.1 Å². The van der Waals surface area contributed by atoms with E-state index in [1.807, 2.05) is 0 Å². The van der Waals surface area contributed by atoms with Crippen molar-refractivity contribution in [1.29, 1.82) is 0 Å². The van der Waals surface area contributed by atoms with Gasteiger partial charge in [-0.1, -0.05) is 12.5 Å². The molecule has 2 aromatic rings. The van der Waals surface area contributed by atoms with Crippen molar-refractivity contribution in [3.8, 4) is 5.75 Å². The van der Waals surface area contributed by atoms with E-state index in [4.69, 9.17) is 4.74 Å². The number of piperidine rings is 1. The van der Waals surface area contributed by atoms with Crippen LogP contribution in [0.1, 0.15) is 29.6 Å². The van der Waals surface area contributed by atoms with Gasteiger partial charge in [0.05, 0.1) is 15.4 Å². The Bertz CT molecular complexity index is 1020. The summed E-state index contributed by atoms with van der Waals surface area (Å²) in [4.78, 5) is 22.5. The third-order valence-electron chi connectivity index (χ3n) is 4.34. The highest BCUT2D eigenvalue weighted by Gasteiger charge is 2.27. The normalized spacial score (nSPS) is 15.2. The van der Waals surface area contributed by atoms with Crippen LogP contribution in [-0.2, 0) is 10.0 Å². The largest absolute Gasteiger partial charge is 0.415 e. The lowest BCUT2D eigenvalue weighted by Gasteiger charge is -2.25. The second kappa shape index (κ2) is 8.03. The van der Waals surface area contributed by atoms with Crippen LogP contribution in [-0.4, -0.2) is 36.7 Å². The number of hydrogen-bond donors (Lipinski definition) is 0. The van der Waals surface area contributed by atoms with Gasteiger partial charge in [-0.05, 0) is 37.1 Å². The summed E-state index contributed by atoms with van der Waals surface area (Å²) in [5.74, 6) is -2.39. The Hall–Kier alpha value is -2.85. The molecule has 1 fully saturated rings. The number of esters is 1. The Labute approximate surface area is 160 Å². The minimum absolute atomic E-state index is 0.0717. The molecule has 1 saturated heterocycles. The van der Waals surface area contributed by atoms with Gasteiger partial charge in [-0.2, -0.15) is 4.31 Å². The van der Waals surface area contributed by atoms with Crippen molar-refractivity contribution >= 4 is 21.7 Å². The van der Waals surface area contributed by atoms with Crippen LogP contribution in [0, 0.1) is 15.9 Å². The fraction of sp³-hybridized carbons (Fsp3) is 0.278. The maximum absolute atomic E-state index is 13.4. The molecular formula is C18H17FN2O6S. The third kappa shape index (κ3) is 4.18. The molecule has 10 heteroatoms. The predicted octanol–water partition coefficient (Wildman–Crippen LogP) is 3.13. The number of carbonyl (C=O) groups is 1. The predicted molar refractivity (Wildman–Crippen MR) is 97.1 cm³/mol. The molecular weight excluding hydrogens is 391 g/mol. The molecule has 8 nitrogen and oxygen atoms in total. The molecule has 0 aliphatic carbocycles. The van der Waals surface area contributed by atoms with Crippen LogP contribution in [0.2, 0.25) is 0 Å². The molecule has 0 N–H and O–H groups in total. The first-order valence-electron chi connectivity index (χ1n) is 8.55. The van der Waals surface area contributed by atoms with Crippen LogP contribution in [0.3, 0.4) is 0 Å². The minimum atomic E-state index is -3.76. The van der Waals surface area contributed by atoms with E-state index in [-0.39, 0.29) is 10.5 Å². The van der Waals surface area contributed by atoms with Crippen LogP contribution in [0.5, 0.6) is 5.75 Å². The molecule has 0 radical (unpaired) electrons. The van der Waals surface area contributed by atoms with E-state index < -0.39 is 38.2 Å². The monoisotopic (exact) mass is 408 g/mol. The summed E-state index contributed by atoms with van der Waals surface area (Å²) in [5.41, 5.74) is -0.691. The second-order valence-electron chi connectivity index (χ2n) is 6.25. The highest BCUT2D eigenvalue weighted by Crippen LogP contribution is 2.29. The lowest BCUT2D eigenvalue weighted by molar-refractivity contribution is -0.385. The minimum Gasteiger partial charge on any atom is -0.415 e. The first-order chi connectivity index (χ1) is 13.3. The zero-order valence-electron chi connectivity index (χ0n) is 14.7. The first-order valence-corrected chi connectivity index (χ1v) is 9.99. The SMILES string of the molecule is O=C(Oc1cc(F)ccc1[N+](=O)[O-])c1cccc(S(=O)(=O)N2CCCCC2)c1. The summed E-state index contributed by atoms with van der Waals surface area (Å²) in [6.45, 7) is 0.818. The average Bonchev–Trinajstić information content (AvgIpc) is 2.68. The molecule has 1 heterocycles. The van der Waals surface area contributed by atoms with Gasteiger partial charge in [-0.3, -0.25) is 10.1 Å². The number of nitro benzene ring substituents is 1. The Balaban J connectivity index is 1.87. The van der Waals surface area contributed by atoms with Crippen molar-refractivity contribution in [3.05, 3.63) is 64.0 Å². The van der Waals surface area contributed by atoms with Crippen LogP contribution in [0.25, 0.3) is 0 Å². The molecule has 148 valence electrons. The Morgan fingerprint density at radius 1 is 1.11 bits per heavy atom. The van der Waals surface area contributed by atoms with Gasteiger partial charge in [-0.25, -0.2) is 17.6 Å². The van der Waals surface area contributed by atoms with Gasteiger partial charge in [0, 0.05) is 25.2 Å². The molecule has 0 aromatic heterocycles. The maximum atomic E-state index is 13.4. The number of ether oxygens (including phenoxy) is 1. The molecule has 3 rings (SSSR count). The Kier molecular flexibility index (Phi) is 5.71. The zero-order chi connectivity index (χ0) is 20.3. The molecule has 0 unspecified atom stereocenters. The van der Waals surface area contributed by atoms with Crippen molar-refractivity contribution in [2.24, 2.45) is 0 Å². The fourth-order valence-corrected chi connectivity index (χ4v) is 4.48. The standard InChI is InChI=1S/C18H17FN2O6S/c19-14-7-8-16(21(23)24)17(12-14)27-18(22)13-5-4-6-15(11-13)28(25,26)20-9-2-1-3-10-20/h4-8,11-12H,1-3,9-10H2. The quantitative estimate of drug-likeness (QED) is 0.326. The highest BCUT2D eigenvalue weighted by molar-refractivity contribution is 7.89. The molecule has 0 bridgehead atoms. The van der Waals surface area contributed by atoms with E-state index >= 15 is 0 Å². The number of nitro groups is 1. The van der Waals surface area contributed by atoms with Gasteiger partial charge >= 0.3 is 11.7 Å². The van der Waals surface area contributed by atoms with E-state index in [0.717, 1.165) is 43.5 Å². The summed E-state index contributed by atoms with van der Waals surface area (Å²) in [6.07, 6.45) is 2.50. The molecule has 0 atom stereocenters. The van der Waals surface area contributed by atoms with E-state index in [1.165, 1.54) is 22.5 Å². The maximum Gasteiger partial charge on any atom is 0.343 e. The molecule has 0 saturated carbocycles. The van der Waals surface area contributed by atoms with Crippen molar-refractivity contribution in [2.75, 3.05) is 13.1 Å². The number of carbonyl (C=O) groups excluding carboxylic acids is 1. The summed E-state index contributed by atoms with van der Waals surface area (Å²) in [5, 5.41) is 11.0. The zero-order valence-corrected chi connectivity index (χ0v) is 15.5. The molecule has 2 aromatic carbocycles. The van der Waals surface area contributed by atoms with Crippen molar-refractivity contribution < 1.29 is 27.3 Å². The number of rotatable bonds is 5. The average molecular weight is 408 g/mol.